The predicted octanol–water partition coefficient (Wildman–Crippen LogP) is 3.50. The molecule has 2 aliphatic heterocycles. The molecular weight excluding hydrogens is 472 g/mol. The number of thiazole rings is 1. The molecule has 2 aromatic rings. The van der Waals surface area contributed by atoms with Crippen molar-refractivity contribution in [2.75, 3.05) is 51.3 Å². The summed E-state index contributed by atoms with van der Waals surface area (Å²) in [5.41, 5.74) is -0.0841. The second kappa shape index (κ2) is 10.9. The molecule has 2 amide bonds. The summed E-state index contributed by atoms with van der Waals surface area (Å²) >= 11 is 1.18. The number of ether oxygens (including phenoxy) is 2. The van der Waals surface area contributed by atoms with Crippen molar-refractivity contribution in [3.05, 3.63) is 23.3 Å². The number of Topliss-reactive ketones (excluding diaryl/α,β-unsaturated/α-hetero) is 1. The SMILES string of the molecule is CC(C)(C)OC(=O)N1CCN(CC(=O)Nc2nc(-c3ccco3)c(C(=O)C3CCOCC3)s2)CC1. The molecule has 11 heteroatoms. The first-order valence-electron chi connectivity index (χ1n) is 11.9. The number of amides is 2. The number of rotatable bonds is 6. The van der Waals surface area contributed by atoms with Crippen molar-refractivity contribution in [3.63, 3.8) is 0 Å². The van der Waals surface area contributed by atoms with Gasteiger partial charge in [0.2, 0.25) is 5.91 Å². The number of nitrogens with one attached hydrogen (secondary N) is 1. The fourth-order valence-corrected chi connectivity index (χ4v) is 5.05. The Kier molecular flexibility index (Phi) is 7.88. The van der Waals surface area contributed by atoms with Gasteiger partial charge in [-0.2, -0.15) is 0 Å². The summed E-state index contributed by atoms with van der Waals surface area (Å²) in [4.78, 5) is 46.9. The first-order chi connectivity index (χ1) is 16.7. The van der Waals surface area contributed by atoms with Crippen LogP contribution in [0.25, 0.3) is 11.5 Å². The van der Waals surface area contributed by atoms with E-state index in [1.165, 1.54) is 17.6 Å². The van der Waals surface area contributed by atoms with Gasteiger partial charge in [0.1, 0.15) is 16.2 Å². The van der Waals surface area contributed by atoms with Crippen molar-refractivity contribution >= 4 is 34.3 Å². The molecule has 0 saturated carbocycles. The molecule has 0 bridgehead atoms. The number of carbonyl (C=O) groups excluding carboxylic acids is 3. The summed E-state index contributed by atoms with van der Waals surface area (Å²) in [5, 5.41) is 3.20. The first-order valence-corrected chi connectivity index (χ1v) is 12.7. The second-order valence-electron chi connectivity index (χ2n) is 9.72. The smallest absolute Gasteiger partial charge is 0.410 e. The van der Waals surface area contributed by atoms with Gasteiger partial charge in [0, 0.05) is 45.3 Å². The summed E-state index contributed by atoms with van der Waals surface area (Å²) in [6, 6.07) is 3.50. The van der Waals surface area contributed by atoms with Crippen LogP contribution in [0.15, 0.2) is 22.8 Å². The van der Waals surface area contributed by atoms with Crippen molar-refractivity contribution in [3.8, 4) is 11.5 Å². The van der Waals surface area contributed by atoms with Crippen LogP contribution in [0.2, 0.25) is 0 Å². The largest absolute Gasteiger partial charge is 0.463 e. The van der Waals surface area contributed by atoms with Crippen LogP contribution in [0.3, 0.4) is 0 Å². The van der Waals surface area contributed by atoms with E-state index in [4.69, 9.17) is 13.9 Å². The van der Waals surface area contributed by atoms with E-state index < -0.39 is 5.60 Å². The molecule has 190 valence electrons. The molecule has 10 nitrogen and oxygen atoms in total. The zero-order chi connectivity index (χ0) is 25.0. The molecule has 35 heavy (non-hydrogen) atoms. The number of anilines is 1. The molecule has 4 heterocycles. The maximum atomic E-state index is 13.2. The van der Waals surface area contributed by atoms with Crippen molar-refractivity contribution in [2.45, 2.75) is 39.2 Å². The van der Waals surface area contributed by atoms with E-state index in [9.17, 15) is 14.4 Å². The van der Waals surface area contributed by atoms with Crippen LogP contribution < -0.4 is 5.32 Å². The molecule has 1 N–H and O–H groups in total. The van der Waals surface area contributed by atoms with Gasteiger partial charge in [0.05, 0.1) is 12.8 Å². The highest BCUT2D eigenvalue weighted by molar-refractivity contribution is 7.18. The zero-order valence-electron chi connectivity index (χ0n) is 20.4. The Labute approximate surface area is 208 Å². The van der Waals surface area contributed by atoms with Crippen molar-refractivity contribution in [2.24, 2.45) is 5.92 Å². The highest BCUT2D eigenvalue weighted by atomic mass is 32.1. The molecule has 0 aromatic carbocycles. The molecule has 0 aliphatic carbocycles. The van der Waals surface area contributed by atoms with Crippen LogP contribution >= 0.6 is 11.3 Å². The number of hydrogen-bond donors (Lipinski definition) is 1. The van der Waals surface area contributed by atoms with Crippen LogP contribution in [0.5, 0.6) is 0 Å². The number of aromatic nitrogens is 1. The summed E-state index contributed by atoms with van der Waals surface area (Å²) in [7, 11) is 0. The molecule has 0 radical (unpaired) electrons. The second-order valence-corrected chi connectivity index (χ2v) is 10.7. The maximum Gasteiger partial charge on any atom is 0.410 e. The fourth-order valence-electron chi connectivity index (χ4n) is 4.04. The Morgan fingerprint density at radius 1 is 1.17 bits per heavy atom. The number of piperazine rings is 1. The third-order valence-corrected chi connectivity index (χ3v) is 6.82. The van der Waals surface area contributed by atoms with Gasteiger partial charge in [-0.05, 0) is 45.7 Å². The molecule has 2 saturated heterocycles. The lowest BCUT2D eigenvalue weighted by Gasteiger charge is -2.35. The lowest BCUT2D eigenvalue weighted by Crippen LogP contribution is -2.51. The molecule has 2 fully saturated rings. The van der Waals surface area contributed by atoms with Crippen LogP contribution in [0, 0.1) is 5.92 Å². The fraction of sp³-hybridized carbons (Fsp3) is 0.583. The topological polar surface area (TPSA) is 114 Å². The summed E-state index contributed by atoms with van der Waals surface area (Å²) in [6.45, 7) is 8.92. The minimum atomic E-state index is -0.540. The van der Waals surface area contributed by atoms with Crippen LogP contribution in [0.4, 0.5) is 9.93 Å². The Bertz CT molecular complexity index is 1030. The van der Waals surface area contributed by atoms with E-state index in [-0.39, 0.29) is 30.2 Å². The van der Waals surface area contributed by atoms with Crippen LogP contribution in [0.1, 0.15) is 43.3 Å². The number of hydrogen-bond acceptors (Lipinski definition) is 9. The van der Waals surface area contributed by atoms with E-state index >= 15 is 0 Å². The molecule has 0 spiro atoms. The standard InChI is InChI=1S/C24H32N4O6S/c1-24(2,3)34-23(31)28-10-8-27(9-11-28)15-18(29)25-22-26-19(17-5-4-12-33-17)21(35-22)20(30)16-6-13-32-14-7-16/h4-5,12,16H,6-11,13-15H2,1-3H3,(H,25,26,29). The number of nitrogens with zero attached hydrogens (tertiary/aromatic N) is 3. The molecule has 2 aliphatic rings. The van der Waals surface area contributed by atoms with Crippen LogP contribution in [-0.2, 0) is 14.3 Å². The lowest BCUT2D eigenvalue weighted by atomic mass is 9.94. The van der Waals surface area contributed by atoms with Gasteiger partial charge in [-0.1, -0.05) is 11.3 Å². The molecular formula is C24H32N4O6S. The van der Waals surface area contributed by atoms with Crippen molar-refractivity contribution < 1.29 is 28.3 Å². The summed E-state index contributed by atoms with van der Waals surface area (Å²) in [5.74, 6) is 0.162. The van der Waals surface area contributed by atoms with Gasteiger partial charge in [0.25, 0.3) is 0 Å². The van der Waals surface area contributed by atoms with Gasteiger partial charge in [0.15, 0.2) is 16.7 Å². The average molecular weight is 505 g/mol. The monoisotopic (exact) mass is 504 g/mol. The normalized spacial score (nSPS) is 17.9. The van der Waals surface area contributed by atoms with E-state index in [0.717, 1.165) is 0 Å². The van der Waals surface area contributed by atoms with E-state index in [1.807, 2.05) is 25.7 Å². The molecule has 4 rings (SSSR count). The lowest BCUT2D eigenvalue weighted by molar-refractivity contribution is -0.117. The summed E-state index contributed by atoms with van der Waals surface area (Å²) in [6.07, 6.45) is 2.54. The third-order valence-electron chi connectivity index (χ3n) is 5.84. The van der Waals surface area contributed by atoms with Crippen molar-refractivity contribution in [1.82, 2.24) is 14.8 Å². The van der Waals surface area contributed by atoms with Crippen LogP contribution in [-0.4, -0.2) is 84.1 Å². The van der Waals surface area contributed by atoms with Gasteiger partial charge in [-0.25, -0.2) is 9.78 Å². The quantitative estimate of drug-likeness (QED) is 0.595. The molecule has 2 aromatic heterocycles. The Hall–Kier alpha value is -2.76. The first kappa shape index (κ1) is 25.3. The van der Waals surface area contributed by atoms with Gasteiger partial charge in [-0.15, -0.1) is 0 Å². The average Bonchev–Trinajstić information content (AvgIpc) is 3.48. The Morgan fingerprint density at radius 3 is 2.51 bits per heavy atom. The van der Waals surface area contributed by atoms with Crippen molar-refractivity contribution in [1.29, 1.82) is 0 Å². The van der Waals surface area contributed by atoms with E-state index in [0.29, 0.717) is 73.7 Å². The Morgan fingerprint density at radius 2 is 1.89 bits per heavy atom. The Balaban J connectivity index is 1.36. The minimum Gasteiger partial charge on any atom is -0.463 e. The minimum absolute atomic E-state index is 0.0102. The van der Waals surface area contributed by atoms with Gasteiger partial charge in [-0.3, -0.25) is 14.5 Å². The van der Waals surface area contributed by atoms with E-state index in [1.54, 1.807) is 17.0 Å². The number of ketones is 1. The third kappa shape index (κ3) is 6.68. The summed E-state index contributed by atoms with van der Waals surface area (Å²) < 4.78 is 16.3. The highest BCUT2D eigenvalue weighted by Gasteiger charge is 2.30. The predicted molar refractivity (Wildman–Crippen MR) is 131 cm³/mol. The number of carbonyl (C=O) groups is 3. The zero-order valence-corrected chi connectivity index (χ0v) is 21.2. The van der Waals surface area contributed by atoms with Gasteiger partial charge < -0.3 is 24.1 Å². The number of furan rings is 1. The van der Waals surface area contributed by atoms with E-state index in [2.05, 4.69) is 10.3 Å². The maximum absolute atomic E-state index is 13.2. The highest BCUT2D eigenvalue weighted by Crippen LogP contribution is 2.35. The molecule has 0 unspecified atom stereocenters. The molecule has 0 atom stereocenters. The van der Waals surface area contributed by atoms with Gasteiger partial charge >= 0.3 is 6.09 Å².